The van der Waals surface area contributed by atoms with Crippen molar-refractivity contribution >= 4 is 56.1 Å². The van der Waals surface area contributed by atoms with Crippen LogP contribution in [0, 0.1) is 0 Å². The molecule has 4 aromatic rings. The van der Waals surface area contributed by atoms with E-state index in [2.05, 4.69) is 22.5 Å². The predicted molar refractivity (Wildman–Crippen MR) is 190 cm³/mol. The normalized spacial score (nSPS) is 17.9. The van der Waals surface area contributed by atoms with E-state index in [-0.39, 0.29) is 55.8 Å². The monoisotopic (exact) mass is 682 g/mol. The number of nitrogens with one attached hydrogen (secondary N) is 2. The number of unbranched alkanes of at least 4 members (excludes halogenated alkanes) is 1. The van der Waals surface area contributed by atoms with Crippen molar-refractivity contribution < 1.29 is 19.2 Å². The summed E-state index contributed by atoms with van der Waals surface area (Å²) in [5, 5.41) is 9.79. The Balaban J connectivity index is 1.29. The molecule has 2 fully saturated rings. The van der Waals surface area contributed by atoms with Gasteiger partial charge in [-0.05, 0) is 61.7 Å². The van der Waals surface area contributed by atoms with Crippen molar-refractivity contribution in [1.29, 1.82) is 0 Å². The number of hydrazine groups is 1. The largest absolute Gasteiger partial charge is 0.375 e. The van der Waals surface area contributed by atoms with Crippen LogP contribution in [-0.4, -0.2) is 86.4 Å². The average Bonchev–Trinajstić information content (AvgIpc) is 3.63. The van der Waals surface area contributed by atoms with Gasteiger partial charge in [-0.3, -0.25) is 19.4 Å². The molecular weight excluding hydrogens is 641 g/mol. The zero-order chi connectivity index (χ0) is 34.7. The molecule has 256 valence electrons. The van der Waals surface area contributed by atoms with Crippen molar-refractivity contribution in [3.8, 4) is 0 Å². The molecule has 6 rings (SSSR count). The van der Waals surface area contributed by atoms with Crippen molar-refractivity contribution in [3.05, 3.63) is 89.5 Å². The maximum atomic E-state index is 14.4. The van der Waals surface area contributed by atoms with Crippen LogP contribution in [0.25, 0.3) is 10.2 Å². The Morgan fingerprint density at radius 2 is 1.80 bits per heavy atom. The fraction of sp³-hybridized carbons (Fsp3) is 0.361. The summed E-state index contributed by atoms with van der Waals surface area (Å²) in [6.45, 7) is 6.90. The van der Waals surface area contributed by atoms with E-state index < -0.39 is 12.2 Å². The Morgan fingerprint density at radius 1 is 1.04 bits per heavy atom. The first kappa shape index (κ1) is 33.9. The number of urea groups is 1. The highest BCUT2D eigenvalue weighted by Crippen LogP contribution is 2.33. The van der Waals surface area contributed by atoms with Crippen LogP contribution < -0.4 is 16.4 Å². The second-order valence-corrected chi connectivity index (χ2v) is 13.7. The van der Waals surface area contributed by atoms with E-state index in [1.165, 1.54) is 11.3 Å². The Labute approximate surface area is 289 Å². The van der Waals surface area contributed by atoms with Gasteiger partial charge in [0.15, 0.2) is 5.13 Å². The van der Waals surface area contributed by atoms with Crippen molar-refractivity contribution in [3.63, 3.8) is 0 Å². The summed E-state index contributed by atoms with van der Waals surface area (Å²) >= 11 is 1.39. The Hall–Kier alpha value is -5.01. The predicted octanol–water partition coefficient (Wildman–Crippen LogP) is 4.69. The number of thiazole rings is 1. The van der Waals surface area contributed by atoms with Gasteiger partial charge in [0.2, 0.25) is 11.8 Å². The zero-order valence-electron chi connectivity index (χ0n) is 28.0. The molecule has 5 amide bonds. The van der Waals surface area contributed by atoms with Gasteiger partial charge in [-0.2, -0.15) is 5.01 Å². The van der Waals surface area contributed by atoms with E-state index in [9.17, 15) is 19.2 Å². The minimum Gasteiger partial charge on any atom is -0.375 e. The molecule has 0 saturated carbocycles. The number of fused-ring (bicyclic) bond motifs is 2. The molecule has 49 heavy (non-hydrogen) atoms. The summed E-state index contributed by atoms with van der Waals surface area (Å²) < 4.78 is 0.935. The summed E-state index contributed by atoms with van der Waals surface area (Å²) in [6.07, 6.45) is 1.49. The fourth-order valence-electron chi connectivity index (χ4n) is 6.56. The fourth-order valence-corrected chi connectivity index (χ4v) is 7.34. The molecule has 0 unspecified atom stereocenters. The van der Waals surface area contributed by atoms with Gasteiger partial charge in [-0.1, -0.05) is 67.1 Å². The van der Waals surface area contributed by atoms with Gasteiger partial charge < -0.3 is 26.2 Å². The van der Waals surface area contributed by atoms with E-state index in [4.69, 9.17) is 5.73 Å². The van der Waals surface area contributed by atoms with E-state index in [1.807, 2.05) is 67.4 Å². The van der Waals surface area contributed by atoms with Crippen molar-refractivity contribution in [1.82, 2.24) is 30.1 Å². The molecule has 1 aromatic heterocycles. The van der Waals surface area contributed by atoms with Gasteiger partial charge >= 0.3 is 6.03 Å². The van der Waals surface area contributed by atoms with Gasteiger partial charge in [0.05, 0.1) is 23.3 Å². The number of hydrogen-bond acceptors (Lipinski definition) is 8. The Morgan fingerprint density at radius 3 is 2.51 bits per heavy atom. The maximum Gasteiger partial charge on any atom is 0.332 e. The van der Waals surface area contributed by atoms with Crippen LogP contribution in [0.5, 0.6) is 0 Å². The van der Waals surface area contributed by atoms with E-state index >= 15 is 0 Å². The SMILES string of the molecule is CCCCNC(=O)N(C(C)C)N1CC(=O)N2[C@@H](Cc3ccc(NC(=O)c4ccccc4)cc3)C(=O)N(Cc3cccc4sc(N)nc34)C[C@@H]21. The number of nitrogen functional groups attached to an aromatic ring is 1. The first-order chi connectivity index (χ1) is 23.6. The van der Waals surface area contributed by atoms with Gasteiger partial charge in [-0.25, -0.2) is 9.78 Å². The number of rotatable bonds is 11. The summed E-state index contributed by atoms with van der Waals surface area (Å²) in [7, 11) is 0. The molecule has 2 atom stereocenters. The van der Waals surface area contributed by atoms with Crippen LogP contribution in [-0.2, 0) is 22.6 Å². The highest BCUT2D eigenvalue weighted by molar-refractivity contribution is 7.22. The number of nitrogens with two attached hydrogens (primary N) is 1. The maximum absolute atomic E-state index is 14.4. The van der Waals surface area contributed by atoms with Gasteiger partial charge in [0.1, 0.15) is 12.2 Å². The zero-order valence-corrected chi connectivity index (χ0v) is 28.8. The number of amides is 5. The molecule has 0 radical (unpaired) electrons. The standard InChI is InChI=1S/C36H42N8O4S/c1-4-5-18-38-36(48)44(23(2)3)42-22-31(45)43-28(19-24-14-16-27(17-15-24)39-33(46)25-10-7-6-8-11-25)34(47)41(21-30(42)43)20-26-12-9-13-29-32(26)40-35(37)49-29/h6-17,23,28,30H,4-5,18-22H2,1-3H3,(H2,37,40)(H,38,48)(H,39,46)/t28-,30+/m0/s1. The summed E-state index contributed by atoms with van der Waals surface area (Å²) in [6, 6.07) is 20.8. The molecular formula is C36H42N8O4S. The third-order valence-corrected chi connectivity index (χ3v) is 9.75. The topological polar surface area (TPSA) is 144 Å². The van der Waals surface area contributed by atoms with Crippen molar-refractivity contribution in [2.75, 3.05) is 30.7 Å². The third kappa shape index (κ3) is 7.22. The first-order valence-corrected chi connectivity index (χ1v) is 17.5. The van der Waals surface area contributed by atoms with Crippen LogP contribution in [0.3, 0.4) is 0 Å². The van der Waals surface area contributed by atoms with E-state index in [0.717, 1.165) is 34.2 Å². The third-order valence-electron chi connectivity index (χ3n) is 8.90. The molecule has 0 bridgehead atoms. The molecule has 12 nitrogen and oxygen atoms in total. The smallest absolute Gasteiger partial charge is 0.332 e. The number of para-hydroxylation sites is 1. The highest BCUT2D eigenvalue weighted by atomic mass is 32.1. The lowest BCUT2D eigenvalue weighted by molar-refractivity contribution is -0.158. The molecule has 0 spiro atoms. The molecule has 13 heteroatoms. The number of aromatic nitrogens is 1. The molecule has 0 aliphatic carbocycles. The minimum atomic E-state index is -0.808. The van der Waals surface area contributed by atoms with Crippen LogP contribution in [0.15, 0.2) is 72.8 Å². The van der Waals surface area contributed by atoms with Crippen molar-refractivity contribution in [2.45, 2.75) is 64.8 Å². The lowest BCUT2D eigenvalue weighted by Gasteiger charge is -2.47. The summed E-state index contributed by atoms with van der Waals surface area (Å²) in [4.78, 5) is 62.3. The van der Waals surface area contributed by atoms with Gasteiger partial charge in [0.25, 0.3) is 5.91 Å². The molecule has 3 heterocycles. The van der Waals surface area contributed by atoms with Crippen LogP contribution in [0.1, 0.15) is 55.1 Å². The molecule has 2 aliphatic heterocycles. The van der Waals surface area contributed by atoms with Crippen LogP contribution >= 0.6 is 11.3 Å². The highest BCUT2D eigenvalue weighted by Gasteiger charge is 2.52. The van der Waals surface area contributed by atoms with Crippen molar-refractivity contribution in [2.24, 2.45) is 0 Å². The number of carbonyl (C=O) groups excluding carboxylic acids is 4. The number of carbonyl (C=O) groups is 4. The van der Waals surface area contributed by atoms with E-state index in [1.54, 1.807) is 39.1 Å². The number of benzene rings is 3. The summed E-state index contributed by atoms with van der Waals surface area (Å²) in [5.74, 6) is -0.616. The van der Waals surface area contributed by atoms with Gasteiger partial charge in [0, 0.05) is 36.8 Å². The molecule has 4 N–H and O–H groups in total. The lowest BCUT2D eigenvalue weighted by Crippen LogP contribution is -2.66. The first-order valence-electron chi connectivity index (χ1n) is 16.7. The van der Waals surface area contributed by atoms with E-state index in [0.29, 0.717) is 22.9 Å². The van der Waals surface area contributed by atoms with Crippen LogP contribution in [0.4, 0.5) is 15.6 Å². The molecule has 3 aromatic carbocycles. The summed E-state index contributed by atoms with van der Waals surface area (Å²) in [5.41, 5.74) is 9.65. The quantitative estimate of drug-likeness (QED) is 0.195. The molecule has 2 saturated heterocycles. The molecule has 2 aliphatic rings. The number of hydrogen-bond donors (Lipinski definition) is 3. The van der Waals surface area contributed by atoms with Gasteiger partial charge in [-0.15, -0.1) is 0 Å². The number of anilines is 2. The Kier molecular flexibility index (Phi) is 10.1. The minimum absolute atomic E-state index is 0.0235. The number of nitrogens with zero attached hydrogens (tertiary/aromatic N) is 5. The second kappa shape index (κ2) is 14.6. The average molecular weight is 683 g/mol. The second-order valence-electron chi connectivity index (χ2n) is 12.7. The number of piperazine rings is 1. The lowest BCUT2D eigenvalue weighted by atomic mass is 9.99. The Bertz CT molecular complexity index is 1830. The van der Waals surface area contributed by atoms with Crippen LogP contribution in [0.2, 0.25) is 0 Å².